The highest BCUT2D eigenvalue weighted by Crippen LogP contribution is 2.29. The highest BCUT2D eigenvalue weighted by atomic mass is 32.2. The summed E-state index contributed by atoms with van der Waals surface area (Å²) in [5.41, 5.74) is 0. The maximum atomic E-state index is 12.4. The Morgan fingerprint density at radius 1 is 1.23 bits per heavy atom. The molecule has 1 saturated heterocycles. The fourth-order valence-corrected chi connectivity index (χ4v) is 4.02. The van der Waals surface area contributed by atoms with Crippen LogP contribution < -0.4 is 5.32 Å². The number of hydrogen-bond donors (Lipinski definition) is 1. The number of amidine groups is 1. The molecule has 0 aromatic rings. The Balaban J connectivity index is 2.02. The van der Waals surface area contributed by atoms with Gasteiger partial charge < -0.3 is 14.5 Å². The van der Waals surface area contributed by atoms with Crippen LogP contribution in [0.15, 0.2) is 4.99 Å². The van der Waals surface area contributed by atoms with E-state index >= 15 is 0 Å². The average molecular weight is 385 g/mol. The Hall–Kier alpha value is -1.77. The third-order valence-electron chi connectivity index (χ3n) is 4.62. The van der Waals surface area contributed by atoms with Gasteiger partial charge in [0.25, 0.3) is 5.91 Å². The molecular weight excluding hydrogens is 356 g/mol. The summed E-state index contributed by atoms with van der Waals surface area (Å²) in [5.74, 6) is -0.552. The molecule has 2 unspecified atom stereocenters. The predicted octanol–water partition coefficient (Wildman–Crippen LogP) is 1.80. The number of amides is 3. The van der Waals surface area contributed by atoms with Gasteiger partial charge in [0, 0.05) is 13.6 Å². The van der Waals surface area contributed by atoms with Crippen LogP contribution in [0.2, 0.25) is 0 Å². The van der Waals surface area contributed by atoms with Crippen molar-refractivity contribution in [1.29, 1.82) is 0 Å². The van der Waals surface area contributed by atoms with Gasteiger partial charge in [-0.15, -0.1) is 0 Å². The molecule has 0 aromatic carbocycles. The summed E-state index contributed by atoms with van der Waals surface area (Å²) in [6, 6.07) is -0.979. The van der Waals surface area contributed by atoms with Crippen molar-refractivity contribution >= 4 is 34.8 Å². The van der Waals surface area contributed by atoms with Gasteiger partial charge in [0.2, 0.25) is 0 Å². The monoisotopic (exact) mass is 384 g/mol. The van der Waals surface area contributed by atoms with Crippen LogP contribution in [0.4, 0.5) is 4.79 Å². The van der Waals surface area contributed by atoms with E-state index in [1.54, 1.807) is 7.05 Å². The molecule has 8 nitrogen and oxygen atoms in total. The number of imide groups is 1. The van der Waals surface area contributed by atoms with E-state index in [1.165, 1.54) is 49.5 Å². The number of thioether (sulfide) groups is 1. The first-order valence-electron chi connectivity index (χ1n) is 9.11. The van der Waals surface area contributed by atoms with Crippen molar-refractivity contribution in [3.05, 3.63) is 0 Å². The molecule has 1 N–H and O–H groups in total. The molecule has 0 bridgehead atoms. The topological polar surface area (TPSA) is 91.3 Å². The average Bonchev–Trinajstić information content (AvgIpc) is 2.99. The lowest BCUT2D eigenvalue weighted by atomic mass is 10.1. The molecule has 3 amide bonds. The van der Waals surface area contributed by atoms with E-state index in [0.29, 0.717) is 11.7 Å². The van der Waals surface area contributed by atoms with Gasteiger partial charge in [0.15, 0.2) is 17.4 Å². The first kappa shape index (κ1) is 20.5. The first-order chi connectivity index (χ1) is 12.5. The Labute approximate surface area is 158 Å². The molecule has 2 aliphatic heterocycles. The summed E-state index contributed by atoms with van der Waals surface area (Å²) in [6.45, 7) is 2.86. The highest BCUT2D eigenvalue weighted by molar-refractivity contribution is 8.14. The molecule has 0 saturated carbocycles. The van der Waals surface area contributed by atoms with Crippen LogP contribution in [0.3, 0.4) is 0 Å². The van der Waals surface area contributed by atoms with E-state index in [0.717, 1.165) is 12.8 Å². The summed E-state index contributed by atoms with van der Waals surface area (Å²) < 4.78 is 4.68. The third-order valence-corrected chi connectivity index (χ3v) is 5.60. The number of rotatable bonds is 9. The van der Waals surface area contributed by atoms with E-state index in [4.69, 9.17) is 0 Å². The maximum absolute atomic E-state index is 12.4. The SMILES string of the molecule is CCCCCCCCN1C(SCC(=O)OC)=NC2C1C(=O)NC(=O)N2C. The lowest BCUT2D eigenvalue weighted by Crippen LogP contribution is -2.63. The van der Waals surface area contributed by atoms with Gasteiger partial charge in [-0.2, -0.15) is 0 Å². The molecule has 0 aliphatic carbocycles. The van der Waals surface area contributed by atoms with Gasteiger partial charge >= 0.3 is 12.0 Å². The largest absolute Gasteiger partial charge is 0.468 e. The fourth-order valence-electron chi connectivity index (χ4n) is 3.10. The van der Waals surface area contributed by atoms with Crippen molar-refractivity contribution in [3.8, 4) is 0 Å². The minimum Gasteiger partial charge on any atom is -0.468 e. The van der Waals surface area contributed by atoms with Gasteiger partial charge in [-0.05, 0) is 6.42 Å². The number of likely N-dealkylation sites (N-methyl/N-ethyl adjacent to an activating group) is 1. The molecule has 9 heteroatoms. The van der Waals surface area contributed by atoms with E-state index in [1.807, 2.05) is 4.90 Å². The van der Waals surface area contributed by atoms with Crippen LogP contribution in [0.5, 0.6) is 0 Å². The first-order valence-corrected chi connectivity index (χ1v) is 10.1. The zero-order valence-corrected chi connectivity index (χ0v) is 16.5. The number of urea groups is 1. The summed E-state index contributed by atoms with van der Waals surface area (Å²) >= 11 is 1.25. The summed E-state index contributed by atoms with van der Waals surface area (Å²) in [5, 5.41) is 3.00. The van der Waals surface area contributed by atoms with Gasteiger partial charge in [0.1, 0.15) is 0 Å². The van der Waals surface area contributed by atoms with Gasteiger partial charge in [-0.25, -0.2) is 9.79 Å². The zero-order chi connectivity index (χ0) is 19.1. The normalized spacial score (nSPS) is 22.2. The fraction of sp³-hybridized carbons (Fsp3) is 0.765. The number of aliphatic imine (C=N–C) groups is 1. The van der Waals surface area contributed by atoms with E-state index in [-0.39, 0.29) is 17.6 Å². The lowest BCUT2D eigenvalue weighted by Gasteiger charge is -2.36. The second-order valence-electron chi connectivity index (χ2n) is 6.50. The van der Waals surface area contributed by atoms with Crippen LogP contribution in [0.1, 0.15) is 45.4 Å². The number of nitrogens with zero attached hydrogens (tertiary/aromatic N) is 3. The molecule has 2 heterocycles. The minimum atomic E-state index is -0.545. The molecule has 2 atom stereocenters. The quantitative estimate of drug-likeness (QED) is 0.481. The van der Waals surface area contributed by atoms with E-state index < -0.39 is 18.2 Å². The molecule has 0 aromatic heterocycles. The molecule has 0 spiro atoms. The van der Waals surface area contributed by atoms with E-state index in [2.05, 4.69) is 22.0 Å². The smallest absolute Gasteiger partial charge is 0.325 e. The number of unbranched alkanes of at least 4 members (excludes halogenated alkanes) is 5. The summed E-state index contributed by atoms with van der Waals surface area (Å²) in [4.78, 5) is 43.6. The zero-order valence-electron chi connectivity index (χ0n) is 15.7. The van der Waals surface area contributed by atoms with Gasteiger partial charge in [-0.3, -0.25) is 14.9 Å². The lowest BCUT2D eigenvalue weighted by molar-refractivity contribution is -0.137. The Kier molecular flexibility index (Phi) is 7.74. The predicted molar refractivity (Wildman–Crippen MR) is 101 cm³/mol. The van der Waals surface area contributed by atoms with Crippen LogP contribution >= 0.6 is 11.8 Å². The second-order valence-corrected chi connectivity index (χ2v) is 7.44. The maximum Gasteiger partial charge on any atom is 0.325 e. The second kappa shape index (κ2) is 9.80. The van der Waals surface area contributed by atoms with Crippen molar-refractivity contribution in [2.45, 2.75) is 57.7 Å². The molecule has 146 valence electrons. The number of carbonyl (C=O) groups is 3. The number of methoxy groups -OCH3 is 1. The number of fused-ring (bicyclic) bond motifs is 1. The number of ether oxygens (including phenoxy) is 1. The molecule has 2 rings (SSSR count). The number of hydrogen-bond acceptors (Lipinski definition) is 7. The molecule has 1 fully saturated rings. The van der Waals surface area contributed by atoms with Crippen LogP contribution in [0, 0.1) is 0 Å². The number of nitrogens with one attached hydrogen (secondary N) is 1. The van der Waals surface area contributed by atoms with Crippen molar-refractivity contribution < 1.29 is 19.1 Å². The minimum absolute atomic E-state index is 0.126. The molecule has 0 radical (unpaired) electrons. The summed E-state index contributed by atoms with van der Waals surface area (Å²) in [6.07, 6.45) is 6.31. The summed E-state index contributed by atoms with van der Waals surface area (Å²) in [7, 11) is 2.97. The number of carbonyl (C=O) groups excluding carboxylic acids is 3. The van der Waals surface area contributed by atoms with Crippen molar-refractivity contribution in [2.75, 3.05) is 26.5 Å². The Morgan fingerprint density at radius 3 is 2.62 bits per heavy atom. The van der Waals surface area contributed by atoms with Crippen molar-refractivity contribution in [3.63, 3.8) is 0 Å². The molecule has 2 aliphatic rings. The van der Waals surface area contributed by atoms with E-state index in [9.17, 15) is 14.4 Å². The molecular formula is C17H28N4O4S. The molecule has 26 heavy (non-hydrogen) atoms. The van der Waals surface area contributed by atoms with Crippen LogP contribution in [-0.2, 0) is 14.3 Å². The standard InChI is InChI=1S/C17H28N4O4S/c1-4-5-6-7-8-9-10-21-13-14(20(2)16(24)19-15(13)23)18-17(21)26-11-12(22)25-3/h13-14H,4-11H2,1-3H3,(H,19,23,24). The highest BCUT2D eigenvalue weighted by Gasteiger charge is 2.48. The van der Waals surface area contributed by atoms with Crippen LogP contribution in [-0.4, -0.2) is 71.5 Å². The van der Waals surface area contributed by atoms with Gasteiger partial charge in [-0.1, -0.05) is 50.8 Å². The third kappa shape index (κ3) is 4.90. The van der Waals surface area contributed by atoms with Gasteiger partial charge in [0.05, 0.1) is 12.9 Å². The van der Waals surface area contributed by atoms with Crippen molar-refractivity contribution in [2.24, 2.45) is 4.99 Å². The van der Waals surface area contributed by atoms with Crippen molar-refractivity contribution in [1.82, 2.24) is 15.1 Å². The number of esters is 1. The Bertz CT molecular complexity index is 569. The van der Waals surface area contributed by atoms with Crippen LogP contribution in [0.25, 0.3) is 0 Å². The Morgan fingerprint density at radius 2 is 1.92 bits per heavy atom.